The van der Waals surface area contributed by atoms with Crippen LogP contribution in [0.15, 0.2) is 28.2 Å². The predicted molar refractivity (Wildman–Crippen MR) is 86.4 cm³/mol. The van der Waals surface area contributed by atoms with Crippen LogP contribution in [-0.4, -0.2) is 36.1 Å². The molecule has 0 saturated carbocycles. The van der Waals surface area contributed by atoms with E-state index in [0.29, 0.717) is 6.04 Å². The quantitative estimate of drug-likeness (QED) is 0.888. The minimum atomic E-state index is 0.694. The zero-order valence-corrected chi connectivity index (χ0v) is 13.4. The van der Waals surface area contributed by atoms with Crippen LogP contribution in [0.4, 0.5) is 0 Å². The molecule has 114 valence electrons. The second-order valence-corrected chi connectivity index (χ2v) is 6.49. The molecule has 1 aliphatic heterocycles. The number of hydrogen-bond donors (Lipinski definition) is 1. The molecule has 0 radical (unpaired) electrons. The highest BCUT2D eigenvalue weighted by molar-refractivity contribution is 7.13. The second kappa shape index (κ2) is 7.20. The van der Waals surface area contributed by atoms with Crippen molar-refractivity contribution in [2.45, 2.75) is 38.3 Å². The fourth-order valence-electron chi connectivity index (χ4n) is 3.01. The van der Waals surface area contributed by atoms with Gasteiger partial charge in [0.15, 0.2) is 10.8 Å². The van der Waals surface area contributed by atoms with Crippen molar-refractivity contribution >= 4 is 11.3 Å². The topological polar surface area (TPSA) is 41.3 Å². The van der Waals surface area contributed by atoms with Gasteiger partial charge in [0.1, 0.15) is 0 Å². The number of hydrogen-bond acceptors (Lipinski definition) is 5. The molecule has 0 aliphatic carbocycles. The van der Waals surface area contributed by atoms with Crippen LogP contribution in [0.5, 0.6) is 0 Å². The van der Waals surface area contributed by atoms with Gasteiger partial charge in [-0.05, 0) is 51.5 Å². The Morgan fingerprint density at radius 1 is 1.48 bits per heavy atom. The van der Waals surface area contributed by atoms with Crippen LogP contribution < -0.4 is 5.32 Å². The molecule has 2 aromatic heterocycles. The Hall–Kier alpha value is -1.17. The fraction of sp³-hybridized carbons (Fsp3) is 0.562. The minimum Gasteiger partial charge on any atom is -0.462 e. The number of likely N-dealkylation sites (tertiary alicyclic amines) is 1. The van der Waals surface area contributed by atoms with E-state index >= 15 is 0 Å². The van der Waals surface area contributed by atoms with Crippen LogP contribution in [0.3, 0.4) is 0 Å². The van der Waals surface area contributed by atoms with Crippen molar-refractivity contribution < 1.29 is 4.42 Å². The molecule has 0 bridgehead atoms. The van der Waals surface area contributed by atoms with E-state index in [2.05, 4.69) is 15.6 Å². The van der Waals surface area contributed by atoms with Gasteiger partial charge in [-0.15, -0.1) is 11.3 Å². The highest BCUT2D eigenvalue weighted by Crippen LogP contribution is 2.26. The summed E-state index contributed by atoms with van der Waals surface area (Å²) < 4.78 is 5.42. The SMILES string of the molecule is CNCCC1CCCCN1Cc1csc(-c2ccco2)n1. The third-order valence-electron chi connectivity index (χ3n) is 4.13. The smallest absolute Gasteiger partial charge is 0.162 e. The summed E-state index contributed by atoms with van der Waals surface area (Å²) in [4.78, 5) is 7.33. The summed E-state index contributed by atoms with van der Waals surface area (Å²) in [5.74, 6) is 0.872. The number of nitrogens with zero attached hydrogens (tertiary/aromatic N) is 2. The molecular weight excluding hydrogens is 282 g/mol. The van der Waals surface area contributed by atoms with Crippen LogP contribution in [0.25, 0.3) is 10.8 Å². The van der Waals surface area contributed by atoms with Crippen LogP contribution in [0.1, 0.15) is 31.4 Å². The number of thiazole rings is 1. The lowest BCUT2D eigenvalue weighted by Crippen LogP contribution is -2.40. The van der Waals surface area contributed by atoms with Crippen molar-refractivity contribution in [1.82, 2.24) is 15.2 Å². The molecule has 0 amide bonds. The molecule has 4 nitrogen and oxygen atoms in total. The molecule has 21 heavy (non-hydrogen) atoms. The predicted octanol–water partition coefficient (Wildman–Crippen LogP) is 3.37. The van der Waals surface area contributed by atoms with E-state index in [0.717, 1.165) is 23.9 Å². The van der Waals surface area contributed by atoms with Gasteiger partial charge in [0.25, 0.3) is 0 Å². The van der Waals surface area contributed by atoms with Gasteiger partial charge in [0, 0.05) is 18.0 Å². The Morgan fingerprint density at radius 2 is 2.43 bits per heavy atom. The summed E-state index contributed by atoms with van der Waals surface area (Å²) >= 11 is 1.67. The van der Waals surface area contributed by atoms with Gasteiger partial charge in [-0.2, -0.15) is 0 Å². The summed E-state index contributed by atoms with van der Waals surface area (Å²) in [7, 11) is 2.03. The van der Waals surface area contributed by atoms with Crippen molar-refractivity contribution in [2.75, 3.05) is 20.1 Å². The van der Waals surface area contributed by atoms with E-state index in [-0.39, 0.29) is 0 Å². The van der Waals surface area contributed by atoms with Gasteiger partial charge in [0.2, 0.25) is 0 Å². The van der Waals surface area contributed by atoms with Crippen LogP contribution in [-0.2, 0) is 6.54 Å². The number of piperidine rings is 1. The highest BCUT2D eigenvalue weighted by atomic mass is 32.1. The zero-order chi connectivity index (χ0) is 14.5. The maximum atomic E-state index is 5.42. The number of furan rings is 1. The molecule has 3 heterocycles. The van der Waals surface area contributed by atoms with Gasteiger partial charge in [-0.3, -0.25) is 4.90 Å². The molecule has 3 rings (SSSR count). The summed E-state index contributed by atoms with van der Waals surface area (Å²) in [6.45, 7) is 3.25. The monoisotopic (exact) mass is 305 g/mol. The lowest BCUT2D eigenvalue weighted by molar-refractivity contribution is 0.131. The Morgan fingerprint density at radius 3 is 3.24 bits per heavy atom. The van der Waals surface area contributed by atoms with Gasteiger partial charge in [-0.25, -0.2) is 4.98 Å². The molecule has 1 unspecified atom stereocenters. The van der Waals surface area contributed by atoms with E-state index in [9.17, 15) is 0 Å². The van der Waals surface area contributed by atoms with Crippen LogP contribution in [0, 0.1) is 0 Å². The molecule has 1 atom stereocenters. The zero-order valence-electron chi connectivity index (χ0n) is 12.5. The van der Waals surface area contributed by atoms with Crippen molar-refractivity contribution in [3.8, 4) is 10.8 Å². The molecule has 0 aromatic carbocycles. The molecule has 2 aromatic rings. The van der Waals surface area contributed by atoms with Crippen molar-refractivity contribution in [1.29, 1.82) is 0 Å². The summed E-state index contributed by atoms with van der Waals surface area (Å²) in [6.07, 6.45) is 6.92. The normalized spacial score (nSPS) is 20.0. The summed E-state index contributed by atoms with van der Waals surface area (Å²) in [6, 6.07) is 4.58. The first-order valence-corrected chi connectivity index (χ1v) is 8.61. The maximum Gasteiger partial charge on any atom is 0.162 e. The average Bonchev–Trinajstić information content (AvgIpc) is 3.17. The fourth-order valence-corrected chi connectivity index (χ4v) is 3.78. The second-order valence-electron chi connectivity index (χ2n) is 5.63. The minimum absolute atomic E-state index is 0.694. The largest absolute Gasteiger partial charge is 0.462 e. The van der Waals surface area contributed by atoms with Gasteiger partial charge < -0.3 is 9.73 Å². The third kappa shape index (κ3) is 3.73. The van der Waals surface area contributed by atoms with Crippen molar-refractivity contribution in [3.05, 3.63) is 29.5 Å². The number of nitrogens with one attached hydrogen (secondary N) is 1. The lowest BCUT2D eigenvalue weighted by Gasteiger charge is -2.35. The van der Waals surface area contributed by atoms with E-state index < -0.39 is 0 Å². The Labute approximate surface area is 130 Å². The Bertz CT molecular complexity index is 537. The average molecular weight is 305 g/mol. The van der Waals surface area contributed by atoms with Crippen LogP contribution >= 0.6 is 11.3 Å². The van der Waals surface area contributed by atoms with Gasteiger partial charge in [-0.1, -0.05) is 6.42 Å². The lowest BCUT2D eigenvalue weighted by atomic mass is 9.99. The van der Waals surface area contributed by atoms with E-state index in [4.69, 9.17) is 9.40 Å². The first kappa shape index (κ1) is 14.8. The van der Waals surface area contributed by atoms with E-state index in [1.54, 1.807) is 17.6 Å². The van der Waals surface area contributed by atoms with Crippen molar-refractivity contribution in [2.24, 2.45) is 0 Å². The first-order valence-electron chi connectivity index (χ1n) is 7.74. The molecule has 0 spiro atoms. The standard InChI is InChI=1S/C16H23N3OS/c1-17-8-7-14-5-2-3-9-19(14)11-13-12-21-16(18-13)15-6-4-10-20-15/h4,6,10,12,14,17H,2-3,5,7-9,11H2,1H3. The van der Waals surface area contributed by atoms with Gasteiger partial charge in [0.05, 0.1) is 12.0 Å². The molecule has 1 aliphatic rings. The van der Waals surface area contributed by atoms with E-state index in [1.165, 1.54) is 37.9 Å². The van der Waals surface area contributed by atoms with Crippen molar-refractivity contribution in [3.63, 3.8) is 0 Å². The number of aromatic nitrogens is 1. The Kier molecular flexibility index (Phi) is 5.06. The highest BCUT2D eigenvalue weighted by Gasteiger charge is 2.22. The third-order valence-corrected chi connectivity index (χ3v) is 5.03. The molecule has 1 N–H and O–H groups in total. The van der Waals surface area contributed by atoms with E-state index in [1.807, 2.05) is 19.2 Å². The van der Waals surface area contributed by atoms with Crippen LogP contribution in [0.2, 0.25) is 0 Å². The first-order chi connectivity index (χ1) is 10.4. The Balaban J connectivity index is 1.64. The molecule has 1 fully saturated rings. The number of rotatable bonds is 6. The van der Waals surface area contributed by atoms with Gasteiger partial charge >= 0.3 is 0 Å². The summed E-state index contributed by atoms with van der Waals surface area (Å²) in [5.41, 5.74) is 1.17. The maximum absolute atomic E-state index is 5.42. The molecule has 5 heteroatoms. The molecular formula is C16H23N3OS. The summed E-state index contributed by atoms with van der Waals surface area (Å²) in [5, 5.41) is 6.42. The molecule has 1 saturated heterocycles.